The summed E-state index contributed by atoms with van der Waals surface area (Å²) in [6.07, 6.45) is 2.23. The van der Waals surface area contributed by atoms with E-state index in [0.29, 0.717) is 5.70 Å². The summed E-state index contributed by atoms with van der Waals surface area (Å²) in [6, 6.07) is 0. The number of rotatable bonds is 1. The second-order valence-corrected chi connectivity index (χ2v) is 2.95. The van der Waals surface area contributed by atoms with Crippen LogP contribution < -0.4 is 16.8 Å². The molecule has 0 spiro atoms. The topological polar surface area (TPSA) is 76.4 Å². The van der Waals surface area contributed by atoms with Crippen molar-refractivity contribution in [1.29, 1.82) is 0 Å². The maximum absolute atomic E-state index is 5.79. The van der Waals surface area contributed by atoms with Gasteiger partial charge in [-0.2, -0.15) is 0 Å². The van der Waals surface area contributed by atoms with Gasteiger partial charge >= 0.3 is 0 Å². The third-order valence-corrected chi connectivity index (χ3v) is 1.75. The van der Waals surface area contributed by atoms with Crippen LogP contribution in [0.5, 0.6) is 0 Å². The molecule has 1 unspecified atom stereocenters. The van der Waals surface area contributed by atoms with Crippen molar-refractivity contribution in [1.82, 2.24) is 5.32 Å². The van der Waals surface area contributed by atoms with Crippen LogP contribution >= 0.6 is 11.6 Å². The summed E-state index contributed by atoms with van der Waals surface area (Å²) >= 11 is 5.79. The van der Waals surface area contributed by atoms with Gasteiger partial charge in [0.05, 0.1) is 11.9 Å². The van der Waals surface area contributed by atoms with E-state index in [4.69, 9.17) is 23.1 Å². The van der Waals surface area contributed by atoms with Crippen LogP contribution in [0.2, 0.25) is 0 Å². The molecule has 0 bridgehead atoms. The van der Waals surface area contributed by atoms with Crippen molar-refractivity contribution in [3.63, 3.8) is 0 Å². The summed E-state index contributed by atoms with van der Waals surface area (Å²) in [5, 5.41) is 1.63. The smallest absolute Gasteiger partial charge is 0.207 e. The molecular formula is C6H11ClN4. The van der Waals surface area contributed by atoms with Gasteiger partial charge in [0.25, 0.3) is 0 Å². The lowest BCUT2D eigenvalue weighted by molar-refractivity contribution is 0.621. The Morgan fingerprint density at radius 3 is 2.91 bits per heavy atom. The molecule has 5 N–H and O–H groups in total. The number of nitrogens with one attached hydrogen (secondary N) is 1. The van der Waals surface area contributed by atoms with Crippen LogP contribution in [0.25, 0.3) is 0 Å². The largest absolute Gasteiger partial charge is 0.397 e. The highest BCUT2D eigenvalue weighted by Crippen LogP contribution is 2.14. The highest BCUT2D eigenvalue weighted by molar-refractivity contribution is 6.26. The molecular weight excluding hydrogens is 164 g/mol. The van der Waals surface area contributed by atoms with E-state index in [2.05, 4.69) is 10.3 Å². The molecule has 4 nitrogen and oxygen atoms in total. The Balaban J connectivity index is 2.84. The van der Waals surface area contributed by atoms with Crippen LogP contribution in [0.3, 0.4) is 0 Å². The molecule has 62 valence electrons. The molecule has 11 heavy (non-hydrogen) atoms. The van der Waals surface area contributed by atoms with Gasteiger partial charge < -0.3 is 11.1 Å². The van der Waals surface area contributed by atoms with Gasteiger partial charge in [-0.05, 0) is 0 Å². The lowest BCUT2D eigenvalue weighted by Crippen LogP contribution is -2.56. The fourth-order valence-electron chi connectivity index (χ4n) is 0.736. The zero-order valence-electron chi connectivity index (χ0n) is 6.26. The number of hydrogen-bond donors (Lipinski definition) is 3. The average Bonchev–Trinajstić information content (AvgIpc) is 1.95. The van der Waals surface area contributed by atoms with Crippen molar-refractivity contribution in [2.45, 2.75) is 18.5 Å². The first-order valence-corrected chi connectivity index (χ1v) is 3.73. The van der Waals surface area contributed by atoms with E-state index in [0.717, 1.165) is 12.3 Å². The highest BCUT2D eigenvalue weighted by atomic mass is 35.5. The molecule has 0 aromatic carbocycles. The van der Waals surface area contributed by atoms with Gasteiger partial charge in [0.15, 0.2) is 0 Å². The van der Waals surface area contributed by atoms with Crippen molar-refractivity contribution in [3.05, 3.63) is 11.9 Å². The summed E-state index contributed by atoms with van der Waals surface area (Å²) in [4.78, 5) is 3.98. The quantitative estimate of drug-likeness (QED) is 0.388. The van der Waals surface area contributed by atoms with E-state index in [1.54, 1.807) is 0 Å². The maximum atomic E-state index is 5.79. The number of halogens is 1. The van der Waals surface area contributed by atoms with E-state index >= 15 is 0 Å². The van der Waals surface area contributed by atoms with E-state index < -0.39 is 5.12 Å². The first-order valence-electron chi connectivity index (χ1n) is 3.35. The SMILES string of the molecule is CCC1=NC=C(N)C(N)(Cl)N1. The van der Waals surface area contributed by atoms with Gasteiger partial charge in [-0.1, -0.05) is 18.5 Å². The molecule has 0 saturated carbocycles. The van der Waals surface area contributed by atoms with Crippen molar-refractivity contribution in [3.8, 4) is 0 Å². The molecule has 0 aliphatic carbocycles. The molecule has 1 heterocycles. The van der Waals surface area contributed by atoms with Crippen LogP contribution in [0, 0.1) is 0 Å². The highest BCUT2D eigenvalue weighted by Gasteiger charge is 2.27. The molecule has 1 aliphatic heterocycles. The zero-order chi connectivity index (χ0) is 8.48. The van der Waals surface area contributed by atoms with Gasteiger partial charge in [-0.25, -0.2) is 4.99 Å². The Morgan fingerprint density at radius 2 is 2.45 bits per heavy atom. The molecule has 1 aliphatic rings. The molecule has 5 heteroatoms. The number of nitrogens with two attached hydrogens (primary N) is 2. The van der Waals surface area contributed by atoms with Crippen LogP contribution in [0.15, 0.2) is 16.9 Å². The minimum atomic E-state index is -1.16. The Kier molecular flexibility index (Phi) is 2.06. The second-order valence-electron chi connectivity index (χ2n) is 2.35. The molecule has 0 aromatic rings. The third kappa shape index (κ3) is 1.64. The van der Waals surface area contributed by atoms with Crippen molar-refractivity contribution >= 4 is 17.4 Å². The summed E-state index contributed by atoms with van der Waals surface area (Å²) in [5.74, 6) is 0.747. The minimum absolute atomic E-state index is 0.330. The van der Waals surface area contributed by atoms with Gasteiger partial charge in [0.1, 0.15) is 5.84 Å². The fraction of sp³-hybridized carbons (Fsp3) is 0.500. The van der Waals surface area contributed by atoms with E-state index in [1.165, 1.54) is 6.20 Å². The molecule has 0 amide bonds. The Hall–Kier alpha value is -0.740. The number of hydrogen-bond acceptors (Lipinski definition) is 4. The van der Waals surface area contributed by atoms with Gasteiger partial charge in [0.2, 0.25) is 5.12 Å². The van der Waals surface area contributed by atoms with Gasteiger partial charge in [-0.3, -0.25) is 5.73 Å². The van der Waals surface area contributed by atoms with Crippen LogP contribution in [0.1, 0.15) is 13.3 Å². The summed E-state index contributed by atoms with van der Waals surface area (Å²) in [5.41, 5.74) is 11.4. The second kappa shape index (κ2) is 2.71. The predicted octanol–water partition coefficient (Wildman–Crippen LogP) is 0.0495. The fourth-order valence-corrected chi connectivity index (χ4v) is 0.893. The van der Waals surface area contributed by atoms with Crippen LogP contribution in [0.4, 0.5) is 0 Å². The molecule has 1 atom stereocenters. The number of amidine groups is 1. The average molecular weight is 175 g/mol. The molecule has 1 rings (SSSR count). The number of nitrogens with zero attached hydrogens (tertiary/aromatic N) is 1. The first kappa shape index (κ1) is 8.36. The minimum Gasteiger partial charge on any atom is -0.397 e. The molecule has 0 saturated heterocycles. The maximum Gasteiger partial charge on any atom is 0.207 e. The van der Waals surface area contributed by atoms with E-state index in [9.17, 15) is 0 Å². The first-order chi connectivity index (χ1) is 5.06. The van der Waals surface area contributed by atoms with Gasteiger partial charge in [-0.15, -0.1) is 0 Å². The summed E-state index contributed by atoms with van der Waals surface area (Å²) in [6.45, 7) is 1.95. The van der Waals surface area contributed by atoms with Gasteiger partial charge in [0, 0.05) is 6.42 Å². The number of alkyl halides is 1. The van der Waals surface area contributed by atoms with E-state index in [-0.39, 0.29) is 0 Å². The van der Waals surface area contributed by atoms with Crippen molar-refractivity contribution in [2.24, 2.45) is 16.5 Å². The lowest BCUT2D eigenvalue weighted by Gasteiger charge is -2.27. The van der Waals surface area contributed by atoms with E-state index in [1.807, 2.05) is 6.92 Å². The summed E-state index contributed by atoms with van der Waals surface area (Å²) in [7, 11) is 0. The molecule has 0 fully saturated rings. The number of aliphatic imine (C=N–C) groups is 1. The van der Waals surface area contributed by atoms with Crippen LogP contribution in [-0.2, 0) is 0 Å². The van der Waals surface area contributed by atoms with Crippen molar-refractivity contribution < 1.29 is 0 Å². The Bertz CT molecular complexity index is 219. The lowest BCUT2D eigenvalue weighted by atomic mass is 10.3. The predicted molar refractivity (Wildman–Crippen MR) is 45.9 cm³/mol. The Labute approximate surface area is 70.3 Å². The standard InChI is InChI=1S/C6H11ClN4/c1-2-5-10-3-4(8)6(7,9)11-5/h3H,2,8-9H2,1H3,(H,10,11). The zero-order valence-corrected chi connectivity index (χ0v) is 7.02. The summed E-state index contributed by atoms with van der Waals surface area (Å²) < 4.78 is 0. The third-order valence-electron chi connectivity index (χ3n) is 1.44. The molecule has 0 radical (unpaired) electrons. The monoisotopic (exact) mass is 174 g/mol. The van der Waals surface area contributed by atoms with Crippen LogP contribution in [-0.4, -0.2) is 11.0 Å². The Morgan fingerprint density at radius 1 is 1.82 bits per heavy atom. The normalized spacial score (nSPS) is 30.5. The van der Waals surface area contributed by atoms with Crippen molar-refractivity contribution in [2.75, 3.05) is 0 Å². The molecule has 0 aromatic heterocycles.